The van der Waals surface area contributed by atoms with Gasteiger partial charge in [-0.25, -0.2) is 0 Å². The highest BCUT2D eigenvalue weighted by molar-refractivity contribution is 5.77. The first-order chi connectivity index (χ1) is 7.72. The van der Waals surface area contributed by atoms with Gasteiger partial charge >= 0.3 is 0 Å². The Morgan fingerprint density at radius 3 is 2.62 bits per heavy atom. The number of furan rings is 1. The maximum absolute atomic E-state index is 5.88. The molecule has 0 radical (unpaired) electrons. The lowest BCUT2D eigenvalue weighted by Gasteiger charge is -2.18. The summed E-state index contributed by atoms with van der Waals surface area (Å²) in [6, 6.07) is 10.6. The number of hydrogen-bond acceptors (Lipinski definition) is 2. The molecule has 0 bridgehead atoms. The molecule has 1 aromatic carbocycles. The van der Waals surface area contributed by atoms with Crippen LogP contribution in [0.3, 0.4) is 0 Å². The molecule has 1 N–H and O–H groups in total. The van der Waals surface area contributed by atoms with Crippen LogP contribution in [0, 0.1) is 5.92 Å². The average Bonchev–Trinajstić information content (AvgIpc) is 2.68. The van der Waals surface area contributed by atoms with Crippen molar-refractivity contribution in [1.29, 1.82) is 0 Å². The molecule has 2 rings (SSSR count). The van der Waals surface area contributed by atoms with Crippen molar-refractivity contribution in [1.82, 2.24) is 5.32 Å². The van der Waals surface area contributed by atoms with Crippen LogP contribution in [0.25, 0.3) is 11.0 Å². The highest BCUT2D eigenvalue weighted by Crippen LogP contribution is 2.27. The third-order valence-corrected chi connectivity index (χ3v) is 2.84. The predicted octanol–water partition coefficient (Wildman–Crippen LogP) is 3.74. The first-order valence-corrected chi connectivity index (χ1v) is 5.94. The topological polar surface area (TPSA) is 25.2 Å². The molecule has 1 atom stereocenters. The molecule has 0 saturated carbocycles. The zero-order valence-electron chi connectivity index (χ0n) is 10.2. The van der Waals surface area contributed by atoms with Crippen LogP contribution in [-0.2, 0) is 0 Å². The van der Waals surface area contributed by atoms with E-state index in [0.717, 1.165) is 17.9 Å². The van der Waals surface area contributed by atoms with Crippen molar-refractivity contribution in [3.63, 3.8) is 0 Å². The second-order valence-corrected chi connectivity index (χ2v) is 4.47. The Balaban J connectivity index is 2.37. The number of benzene rings is 1. The van der Waals surface area contributed by atoms with Crippen molar-refractivity contribution in [2.75, 3.05) is 6.54 Å². The van der Waals surface area contributed by atoms with Crippen LogP contribution in [0.15, 0.2) is 34.7 Å². The molecule has 2 nitrogen and oxygen atoms in total. The van der Waals surface area contributed by atoms with Crippen molar-refractivity contribution >= 4 is 11.0 Å². The summed E-state index contributed by atoms with van der Waals surface area (Å²) in [6.45, 7) is 7.50. The Bertz CT molecular complexity index is 425. The Kier molecular flexibility index (Phi) is 3.30. The fraction of sp³-hybridized carbons (Fsp3) is 0.429. The molecule has 86 valence electrons. The van der Waals surface area contributed by atoms with Gasteiger partial charge in [-0.05, 0) is 24.6 Å². The molecule has 0 aliphatic rings. The van der Waals surface area contributed by atoms with Gasteiger partial charge in [0.2, 0.25) is 0 Å². The summed E-state index contributed by atoms with van der Waals surface area (Å²) < 4.78 is 5.88. The van der Waals surface area contributed by atoms with Crippen molar-refractivity contribution < 1.29 is 4.42 Å². The van der Waals surface area contributed by atoms with E-state index < -0.39 is 0 Å². The smallest absolute Gasteiger partial charge is 0.134 e. The van der Waals surface area contributed by atoms with Gasteiger partial charge in [-0.1, -0.05) is 39.0 Å². The monoisotopic (exact) mass is 217 g/mol. The Labute approximate surface area is 96.6 Å². The maximum atomic E-state index is 5.88. The Morgan fingerprint density at radius 2 is 2.00 bits per heavy atom. The molecule has 0 fully saturated rings. The van der Waals surface area contributed by atoms with Crippen molar-refractivity contribution in [2.24, 2.45) is 5.92 Å². The van der Waals surface area contributed by atoms with Crippen LogP contribution < -0.4 is 5.32 Å². The number of para-hydroxylation sites is 1. The van der Waals surface area contributed by atoms with E-state index in [9.17, 15) is 0 Å². The second-order valence-electron chi connectivity index (χ2n) is 4.47. The van der Waals surface area contributed by atoms with Crippen LogP contribution in [0.4, 0.5) is 0 Å². The summed E-state index contributed by atoms with van der Waals surface area (Å²) >= 11 is 0. The molecule has 1 unspecified atom stereocenters. The highest BCUT2D eigenvalue weighted by Gasteiger charge is 2.18. The summed E-state index contributed by atoms with van der Waals surface area (Å²) in [5, 5.41) is 4.65. The summed E-state index contributed by atoms with van der Waals surface area (Å²) in [6.07, 6.45) is 0. The van der Waals surface area contributed by atoms with Crippen molar-refractivity contribution in [3.8, 4) is 0 Å². The lowest BCUT2D eigenvalue weighted by atomic mass is 10.0. The molecule has 2 heteroatoms. The molecule has 0 aliphatic carbocycles. The molecule has 0 aliphatic heterocycles. The molecule has 0 spiro atoms. The van der Waals surface area contributed by atoms with Crippen LogP contribution in [0.2, 0.25) is 0 Å². The number of rotatable bonds is 4. The molecule has 2 aromatic rings. The highest BCUT2D eigenvalue weighted by atomic mass is 16.3. The van der Waals surface area contributed by atoms with Gasteiger partial charge in [0.1, 0.15) is 11.3 Å². The van der Waals surface area contributed by atoms with Crippen LogP contribution >= 0.6 is 0 Å². The Morgan fingerprint density at radius 1 is 1.25 bits per heavy atom. The molecule has 1 aromatic heterocycles. The van der Waals surface area contributed by atoms with Gasteiger partial charge < -0.3 is 9.73 Å². The number of fused-ring (bicyclic) bond motifs is 1. The SMILES string of the molecule is CCNC(c1cc2ccccc2o1)C(C)C. The number of nitrogens with one attached hydrogen (secondary N) is 1. The zero-order chi connectivity index (χ0) is 11.5. The molecule has 16 heavy (non-hydrogen) atoms. The van der Waals surface area contributed by atoms with Gasteiger partial charge in [0.15, 0.2) is 0 Å². The van der Waals surface area contributed by atoms with Crippen molar-refractivity contribution in [2.45, 2.75) is 26.8 Å². The first kappa shape index (κ1) is 11.2. The number of hydrogen-bond donors (Lipinski definition) is 1. The van der Waals surface area contributed by atoms with E-state index in [4.69, 9.17) is 4.42 Å². The first-order valence-electron chi connectivity index (χ1n) is 5.94. The maximum Gasteiger partial charge on any atom is 0.134 e. The zero-order valence-corrected chi connectivity index (χ0v) is 10.2. The lowest BCUT2D eigenvalue weighted by Crippen LogP contribution is -2.24. The average molecular weight is 217 g/mol. The largest absolute Gasteiger partial charge is 0.459 e. The summed E-state index contributed by atoms with van der Waals surface area (Å²) in [5.41, 5.74) is 0.973. The van der Waals surface area contributed by atoms with Gasteiger partial charge in [0.05, 0.1) is 6.04 Å². The van der Waals surface area contributed by atoms with Crippen LogP contribution in [0.5, 0.6) is 0 Å². The van der Waals surface area contributed by atoms with Gasteiger partial charge in [-0.3, -0.25) is 0 Å². The fourth-order valence-corrected chi connectivity index (χ4v) is 2.04. The summed E-state index contributed by atoms with van der Waals surface area (Å²) in [4.78, 5) is 0. The third-order valence-electron chi connectivity index (χ3n) is 2.84. The van der Waals surface area contributed by atoms with Crippen LogP contribution in [0.1, 0.15) is 32.6 Å². The van der Waals surface area contributed by atoms with E-state index in [1.807, 2.05) is 18.2 Å². The van der Waals surface area contributed by atoms with Crippen LogP contribution in [-0.4, -0.2) is 6.54 Å². The lowest BCUT2D eigenvalue weighted by molar-refractivity contribution is 0.357. The van der Waals surface area contributed by atoms with Crippen molar-refractivity contribution in [3.05, 3.63) is 36.1 Å². The third kappa shape index (κ3) is 2.12. The Hall–Kier alpha value is -1.28. The second kappa shape index (κ2) is 4.71. The normalized spacial score (nSPS) is 13.5. The van der Waals surface area contributed by atoms with E-state index in [-0.39, 0.29) is 0 Å². The van der Waals surface area contributed by atoms with Gasteiger partial charge in [-0.15, -0.1) is 0 Å². The standard InChI is InChI=1S/C14H19NO/c1-4-15-14(10(2)3)13-9-11-7-5-6-8-12(11)16-13/h5-10,14-15H,4H2,1-3H3. The van der Waals surface area contributed by atoms with E-state index in [1.165, 1.54) is 5.39 Å². The summed E-state index contributed by atoms with van der Waals surface area (Å²) in [5.74, 6) is 1.57. The molecule has 0 saturated heterocycles. The molecular formula is C14H19NO. The van der Waals surface area contributed by atoms with E-state index in [0.29, 0.717) is 12.0 Å². The van der Waals surface area contributed by atoms with Gasteiger partial charge in [0, 0.05) is 5.39 Å². The molecule has 1 heterocycles. The minimum atomic E-state index is 0.303. The molecule has 0 amide bonds. The van der Waals surface area contributed by atoms with Gasteiger partial charge in [0.25, 0.3) is 0 Å². The summed E-state index contributed by atoms with van der Waals surface area (Å²) in [7, 11) is 0. The minimum Gasteiger partial charge on any atom is -0.459 e. The van der Waals surface area contributed by atoms with E-state index in [1.54, 1.807) is 0 Å². The van der Waals surface area contributed by atoms with E-state index in [2.05, 4.69) is 38.2 Å². The predicted molar refractivity (Wildman–Crippen MR) is 67.5 cm³/mol. The quantitative estimate of drug-likeness (QED) is 0.844. The van der Waals surface area contributed by atoms with E-state index >= 15 is 0 Å². The molecular weight excluding hydrogens is 198 g/mol. The fourth-order valence-electron chi connectivity index (χ4n) is 2.04. The minimum absolute atomic E-state index is 0.303. The van der Waals surface area contributed by atoms with Gasteiger partial charge in [-0.2, -0.15) is 0 Å².